The highest BCUT2D eigenvalue weighted by Crippen LogP contribution is 2.38. The number of hydrogen-bond donors (Lipinski definition) is 3. The van der Waals surface area contributed by atoms with Crippen molar-refractivity contribution >= 4 is 28.2 Å². The predicted molar refractivity (Wildman–Crippen MR) is 104 cm³/mol. The minimum atomic E-state index is -1.43. The Labute approximate surface area is 168 Å². The summed E-state index contributed by atoms with van der Waals surface area (Å²) < 4.78 is 33.4. The van der Waals surface area contributed by atoms with E-state index in [4.69, 9.17) is 4.74 Å². The molecule has 1 amide bonds. The van der Waals surface area contributed by atoms with E-state index in [9.17, 15) is 28.6 Å². The van der Waals surface area contributed by atoms with Crippen LogP contribution in [0.5, 0.6) is 11.5 Å². The molecule has 3 aromatic rings. The molecule has 3 rings (SSSR count). The summed E-state index contributed by atoms with van der Waals surface area (Å²) in [5.41, 5.74) is -0.798. The van der Waals surface area contributed by atoms with E-state index in [2.05, 4.69) is 5.32 Å². The number of carbonyl (C=O) groups excluding carboxylic acids is 1. The zero-order chi connectivity index (χ0) is 21.3. The first kappa shape index (κ1) is 20.3. The number of benzene rings is 2. The SMILES string of the molecule is COc1cccc(O)c1C(=O)Nc1scc(-c2ccc(C)c(F)c2F)c1C(=O)O. The number of halogens is 2. The first-order valence-corrected chi connectivity index (χ1v) is 9.11. The monoisotopic (exact) mass is 419 g/mol. The summed E-state index contributed by atoms with van der Waals surface area (Å²) in [4.78, 5) is 24.4. The minimum absolute atomic E-state index is 0.0709. The van der Waals surface area contributed by atoms with Crippen LogP contribution in [-0.2, 0) is 0 Å². The molecule has 0 radical (unpaired) electrons. The Balaban J connectivity index is 2.07. The fraction of sp³-hybridized carbons (Fsp3) is 0.100. The number of rotatable bonds is 5. The molecule has 3 N–H and O–H groups in total. The van der Waals surface area contributed by atoms with E-state index in [1.54, 1.807) is 0 Å². The molecule has 0 spiro atoms. The topological polar surface area (TPSA) is 95.9 Å². The van der Waals surface area contributed by atoms with Crippen LogP contribution in [0.1, 0.15) is 26.3 Å². The third-order valence-corrected chi connectivity index (χ3v) is 5.14. The molecule has 0 saturated heterocycles. The van der Waals surface area contributed by atoms with Gasteiger partial charge in [-0.3, -0.25) is 4.79 Å². The molecule has 0 aliphatic heterocycles. The Hall–Kier alpha value is -3.46. The van der Waals surface area contributed by atoms with Gasteiger partial charge in [-0.05, 0) is 24.6 Å². The van der Waals surface area contributed by atoms with Crippen LogP contribution in [0.4, 0.5) is 13.8 Å². The number of phenols is 1. The van der Waals surface area contributed by atoms with Gasteiger partial charge in [0, 0.05) is 16.5 Å². The molecule has 0 bridgehead atoms. The van der Waals surface area contributed by atoms with Crippen LogP contribution in [0.2, 0.25) is 0 Å². The van der Waals surface area contributed by atoms with Gasteiger partial charge in [0.1, 0.15) is 27.6 Å². The highest BCUT2D eigenvalue weighted by atomic mass is 32.1. The van der Waals surface area contributed by atoms with Crippen LogP contribution < -0.4 is 10.1 Å². The average Bonchev–Trinajstić information content (AvgIpc) is 3.09. The van der Waals surface area contributed by atoms with Gasteiger partial charge < -0.3 is 20.3 Å². The lowest BCUT2D eigenvalue weighted by Crippen LogP contribution is -2.15. The number of thiophene rings is 1. The molecule has 0 unspecified atom stereocenters. The van der Waals surface area contributed by atoms with Gasteiger partial charge in [0.15, 0.2) is 11.6 Å². The Morgan fingerprint density at radius 2 is 1.79 bits per heavy atom. The number of ether oxygens (including phenoxy) is 1. The molecule has 29 heavy (non-hydrogen) atoms. The normalized spacial score (nSPS) is 10.6. The molecule has 0 atom stereocenters. The lowest BCUT2D eigenvalue weighted by atomic mass is 10.0. The molecular weight excluding hydrogens is 404 g/mol. The summed E-state index contributed by atoms with van der Waals surface area (Å²) in [6.45, 7) is 1.39. The van der Waals surface area contributed by atoms with Crippen molar-refractivity contribution in [3.8, 4) is 22.6 Å². The summed E-state index contributed by atoms with van der Waals surface area (Å²) in [5, 5.41) is 23.2. The van der Waals surface area contributed by atoms with Crippen LogP contribution in [0.3, 0.4) is 0 Å². The van der Waals surface area contributed by atoms with E-state index in [0.29, 0.717) is 0 Å². The molecule has 1 heterocycles. The van der Waals surface area contributed by atoms with Gasteiger partial charge in [-0.25, -0.2) is 13.6 Å². The Morgan fingerprint density at radius 3 is 2.45 bits per heavy atom. The maximum atomic E-state index is 14.4. The summed E-state index contributed by atoms with van der Waals surface area (Å²) in [7, 11) is 1.31. The maximum absolute atomic E-state index is 14.4. The van der Waals surface area contributed by atoms with Gasteiger partial charge in [0.05, 0.1) is 7.11 Å². The van der Waals surface area contributed by atoms with Crippen molar-refractivity contribution in [2.24, 2.45) is 0 Å². The average molecular weight is 419 g/mol. The number of amides is 1. The second-order valence-electron chi connectivity index (χ2n) is 6.03. The van der Waals surface area contributed by atoms with Crippen molar-refractivity contribution in [3.63, 3.8) is 0 Å². The fourth-order valence-corrected chi connectivity index (χ4v) is 3.75. The molecule has 9 heteroatoms. The molecule has 0 fully saturated rings. The first-order chi connectivity index (χ1) is 13.8. The van der Waals surface area contributed by atoms with Crippen LogP contribution in [0.25, 0.3) is 11.1 Å². The van der Waals surface area contributed by atoms with Gasteiger partial charge >= 0.3 is 5.97 Å². The highest BCUT2D eigenvalue weighted by Gasteiger charge is 2.26. The van der Waals surface area contributed by atoms with E-state index in [1.165, 1.54) is 49.7 Å². The van der Waals surface area contributed by atoms with E-state index in [1.807, 2.05) is 0 Å². The Kier molecular flexibility index (Phi) is 5.51. The number of carboxylic acids is 1. The molecule has 2 aromatic carbocycles. The van der Waals surface area contributed by atoms with Gasteiger partial charge in [0.25, 0.3) is 5.91 Å². The van der Waals surface area contributed by atoms with Crippen LogP contribution in [0, 0.1) is 18.6 Å². The molecule has 0 aliphatic rings. The van der Waals surface area contributed by atoms with Gasteiger partial charge in [-0.1, -0.05) is 18.2 Å². The van der Waals surface area contributed by atoms with Crippen LogP contribution in [0.15, 0.2) is 35.7 Å². The maximum Gasteiger partial charge on any atom is 0.339 e. The molecule has 1 aromatic heterocycles. The molecular formula is C20H15F2NO5S. The largest absolute Gasteiger partial charge is 0.507 e. The van der Waals surface area contributed by atoms with E-state index in [-0.39, 0.29) is 44.3 Å². The number of carboxylic acid groups (broad SMARTS) is 1. The second-order valence-corrected chi connectivity index (χ2v) is 6.90. The standard InChI is InChI=1S/C20H15F2NO5S/c1-9-6-7-10(17(22)16(9)21)11-8-29-19(14(11)20(26)27)23-18(25)15-12(24)4-3-5-13(15)28-2/h3-8,24H,1-2H3,(H,23,25)(H,26,27). The smallest absolute Gasteiger partial charge is 0.339 e. The number of carbonyl (C=O) groups is 2. The van der Waals surface area contributed by atoms with Crippen molar-refractivity contribution in [3.05, 3.63) is 64.0 Å². The number of aromatic carboxylic acids is 1. The molecule has 0 saturated carbocycles. The van der Waals surface area contributed by atoms with Crippen molar-refractivity contribution < 1.29 is 33.3 Å². The number of phenolic OH excluding ortho intramolecular Hbond substituents is 1. The summed E-state index contributed by atoms with van der Waals surface area (Å²) in [6.07, 6.45) is 0. The summed E-state index contributed by atoms with van der Waals surface area (Å²) in [6, 6.07) is 6.82. The quantitative estimate of drug-likeness (QED) is 0.559. The highest BCUT2D eigenvalue weighted by molar-refractivity contribution is 7.15. The number of aryl methyl sites for hydroxylation is 1. The first-order valence-electron chi connectivity index (χ1n) is 8.23. The third-order valence-electron chi connectivity index (χ3n) is 4.25. The fourth-order valence-electron chi connectivity index (χ4n) is 2.80. The zero-order valence-corrected chi connectivity index (χ0v) is 16.1. The Bertz CT molecular complexity index is 1130. The number of anilines is 1. The molecule has 6 nitrogen and oxygen atoms in total. The number of nitrogens with one attached hydrogen (secondary N) is 1. The van der Waals surface area contributed by atoms with Crippen molar-refractivity contribution in [1.82, 2.24) is 0 Å². The number of methoxy groups -OCH3 is 1. The molecule has 0 aliphatic carbocycles. The minimum Gasteiger partial charge on any atom is -0.507 e. The number of hydrogen-bond acceptors (Lipinski definition) is 5. The lowest BCUT2D eigenvalue weighted by molar-refractivity contribution is 0.0699. The Morgan fingerprint density at radius 1 is 1.07 bits per heavy atom. The van der Waals surface area contributed by atoms with E-state index in [0.717, 1.165) is 11.3 Å². The van der Waals surface area contributed by atoms with Crippen molar-refractivity contribution in [1.29, 1.82) is 0 Å². The van der Waals surface area contributed by atoms with Gasteiger partial charge in [-0.2, -0.15) is 0 Å². The number of aromatic hydroxyl groups is 1. The second kappa shape index (κ2) is 7.88. The lowest BCUT2D eigenvalue weighted by Gasteiger charge is -2.11. The van der Waals surface area contributed by atoms with Crippen LogP contribution >= 0.6 is 11.3 Å². The summed E-state index contributed by atoms with van der Waals surface area (Å²) >= 11 is 0.836. The van der Waals surface area contributed by atoms with Gasteiger partial charge in [0.2, 0.25) is 0 Å². The van der Waals surface area contributed by atoms with Crippen molar-refractivity contribution in [2.45, 2.75) is 6.92 Å². The summed E-state index contributed by atoms with van der Waals surface area (Å²) in [5.74, 6) is -4.77. The van der Waals surface area contributed by atoms with Gasteiger partial charge in [-0.15, -0.1) is 11.3 Å². The predicted octanol–water partition coefficient (Wildman–Crippen LogP) is 4.67. The molecule has 150 valence electrons. The van der Waals surface area contributed by atoms with E-state index >= 15 is 0 Å². The van der Waals surface area contributed by atoms with E-state index < -0.39 is 23.5 Å². The zero-order valence-electron chi connectivity index (χ0n) is 15.2. The third kappa shape index (κ3) is 3.64. The van der Waals surface area contributed by atoms with Crippen molar-refractivity contribution in [2.75, 3.05) is 12.4 Å². The van der Waals surface area contributed by atoms with Crippen LogP contribution in [-0.4, -0.2) is 29.2 Å².